The molecule has 0 radical (unpaired) electrons. The van der Waals surface area contributed by atoms with Crippen LogP contribution in [-0.4, -0.2) is 0 Å². The molecule has 0 saturated carbocycles. The minimum atomic E-state index is -2.83. The van der Waals surface area contributed by atoms with E-state index in [-0.39, 0.29) is 0 Å². The van der Waals surface area contributed by atoms with Crippen molar-refractivity contribution in [3.63, 3.8) is 0 Å². The molecule has 0 N–H and O–H groups in total. The van der Waals surface area contributed by atoms with Crippen LogP contribution in [0.3, 0.4) is 0 Å². The molecular weight excluding hydrogens is 332 g/mol. The summed E-state index contributed by atoms with van der Waals surface area (Å²) in [6, 6.07) is 27.6. The van der Waals surface area contributed by atoms with Crippen molar-refractivity contribution in [2.24, 2.45) is 0 Å². The van der Waals surface area contributed by atoms with Crippen LogP contribution in [0.15, 0.2) is 91.0 Å². The van der Waals surface area contributed by atoms with E-state index in [0.29, 0.717) is 17.2 Å². The van der Waals surface area contributed by atoms with E-state index in [9.17, 15) is 0 Å². The number of para-hydroxylation sites is 3. The van der Waals surface area contributed by atoms with Crippen LogP contribution in [-0.2, 0) is 0 Å². The molecule has 0 aromatic heterocycles. The van der Waals surface area contributed by atoms with Gasteiger partial charge in [-0.15, -0.1) is 0 Å². The molecule has 0 heterocycles. The lowest BCUT2D eigenvalue weighted by atomic mass is 10.3. The topological polar surface area (TPSA) is 27.7 Å². The molecule has 0 amide bonds. The molecule has 0 atom stereocenters. The summed E-state index contributed by atoms with van der Waals surface area (Å²) in [5.41, 5.74) is 0. The van der Waals surface area contributed by atoms with Crippen molar-refractivity contribution in [3.05, 3.63) is 91.0 Å². The van der Waals surface area contributed by atoms with Gasteiger partial charge in [0.25, 0.3) is 0 Å². The molecule has 23 heavy (non-hydrogen) atoms. The van der Waals surface area contributed by atoms with Gasteiger partial charge in [0.1, 0.15) is 17.2 Å². The number of halogens is 1. The van der Waals surface area contributed by atoms with Crippen molar-refractivity contribution in [1.29, 1.82) is 0 Å². The first kappa shape index (κ1) is 15.6. The average molecular weight is 347 g/mol. The van der Waals surface area contributed by atoms with Crippen molar-refractivity contribution in [3.8, 4) is 17.2 Å². The number of benzene rings is 3. The Morgan fingerprint density at radius 1 is 0.478 bits per heavy atom. The Kier molecular flexibility index (Phi) is 4.95. The normalized spacial score (nSPS) is 11.5. The largest absolute Gasteiger partial charge is 0.375 e. The second-order valence-electron chi connectivity index (χ2n) is 4.58. The van der Waals surface area contributed by atoms with Gasteiger partial charge in [-0.3, -0.25) is 0 Å². The Morgan fingerprint density at radius 2 is 0.739 bits per heavy atom. The van der Waals surface area contributed by atoms with Crippen molar-refractivity contribution in [1.82, 2.24) is 0 Å². The minimum Gasteiger partial charge on any atom is -0.375 e. The van der Waals surface area contributed by atoms with Crippen LogP contribution in [0.25, 0.3) is 0 Å². The molecule has 3 aromatic carbocycles. The van der Waals surface area contributed by atoms with Gasteiger partial charge in [0.2, 0.25) is 0 Å². The van der Waals surface area contributed by atoms with Crippen LogP contribution < -0.4 is 12.5 Å². The van der Waals surface area contributed by atoms with E-state index in [2.05, 4.69) is 0 Å². The third-order valence-corrected chi connectivity index (χ3v) is 4.56. The van der Waals surface area contributed by atoms with Crippen LogP contribution in [0.4, 0.5) is 0 Å². The first-order valence-corrected chi connectivity index (χ1v) is 9.23. The van der Waals surface area contributed by atoms with E-state index < -0.39 is 10.1 Å². The van der Waals surface area contributed by atoms with Gasteiger partial charge in [-0.25, -0.2) is 0 Å². The SMILES string of the molecule is ClS(Oc1ccccc1)(Oc1ccccc1)Oc1ccccc1. The van der Waals surface area contributed by atoms with E-state index in [1.54, 1.807) is 36.4 Å². The van der Waals surface area contributed by atoms with E-state index in [0.717, 1.165) is 0 Å². The highest BCUT2D eigenvalue weighted by molar-refractivity contribution is 8.41. The molecule has 5 heteroatoms. The zero-order valence-electron chi connectivity index (χ0n) is 12.2. The van der Waals surface area contributed by atoms with Crippen LogP contribution >= 0.6 is 20.8 Å². The van der Waals surface area contributed by atoms with Crippen molar-refractivity contribution in [2.75, 3.05) is 0 Å². The van der Waals surface area contributed by atoms with E-state index in [1.807, 2.05) is 54.6 Å². The maximum absolute atomic E-state index is 6.56. The van der Waals surface area contributed by atoms with Gasteiger partial charge in [-0.05, 0) is 36.4 Å². The lowest BCUT2D eigenvalue weighted by Crippen LogP contribution is -2.15. The van der Waals surface area contributed by atoms with Crippen LogP contribution in [0.5, 0.6) is 17.2 Å². The summed E-state index contributed by atoms with van der Waals surface area (Å²) >= 11 is 0. The smallest absolute Gasteiger partial charge is 0.327 e. The molecule has 118 valence electrons. The Labute approximate surface area is 141 Å². The monoisotopic (exact) mass is 346 g/mol. The molecule has 0 aliphatic rings. The number of hydrogen-bond acceptors (Lipinski definition) is 3. The van der Waals surface area contributed by atoms with Crippen LogP contribution in [0.1, 0.15) is 0 Å². The molecule has 3 rings (SSSR count). The second kappa shape index (κ2) is 7.31. The predicted molar refractivity (Wildman–Crippen MR) is 94.7 cm³/mol. The minimum absolute atomic E-state index is 0.573. The Hall–Kier alpha value is -2.30. The van der Waals surface area contributed by atoms with Gasteiger partial charge < -0.3 is 12.5 Å². The maximum Gasteiger partial charge on any atom is 0.327 e. The zero-order chi connectivity index (χ0) is 16.0. The van der Waals surface area contributed by atoms with Crippen molar-refractivity contribution < 1.29 is 12.5 Å². The summed E-state index contributed by atoms with van der Waals surface area (Å²) in [5, 5.41) is 0. The van der Waals surface area contributed by atoms with Crippen molar-refractivity contribution >= 4 is 20.8 Å². The van der Waals surface area contributed by atoms with E-state index in [4.69, 9.17) is 23.2 Å². The molecule has 0 aliphatic carbocycles. The highest BCUT2D eigenvalue weighted by Gasteiger charge is 2.30. The molecular formula is C18H15ClO3S. The number of hydrogen-bond donors (Lipinski definition) is 0. The first-order chi connectivity index (χ1) is 11.2. The quantitative estimate of drug-likeness (QED) is 0.554. The standard InChI is InChI=1S/C18H15ClO3S/c19-23(20-16-10-4-1-5-11-16,21-17-12-6-2-7-13-17)22-18-14-8-3-9-15-18/h1-15H. The lowest BCUT2D eigenvalue weighted by molar-refractivity contribution is 0.415. The summed E-state index contributed by atoms with van der Waals surface area (Å²) in [7, 11) is 3.73. The molecule has 0 aliphatic heterocycles. The fourth-order valence-corrected chi connectivity index (χ4v) is 3.60. The van der Waals surface area contributed by atoms with Gasteiger partial charge in [0, 0.05) is 0 Å². The van der Waals surface area contributed by atoms with E-state index >= 15 is 0 Å². The van der Waals surface area contributed by atoms with Gasteiger partial charge in [0.05, 0.1) is 10.7 Å². The maximum atomic E-state index is 6.56. The van der Waals surface area contributed by atoms with Gasteiger partial charge >= 0.3 is 10.1 Å². The van der Waals surface area contributed by atoms with E-state index in [1.165, 1.54) is 0 Å². The van der Waals surface area contributed by atoms with Crippen LogP contribution in [0.2, 0.25) is 0 Å². The fraction of sp³-hybridized carbons (Fsp3) is 0. The fourth-order valence-electron chi connectivity index (χ4n) is 1.82. The lowest BCUT2D eigenvalue weighted by Gasteiger charge is -2.30. The summed E-state index contributed by atoms with van der Waals surface area (Å²) in [6.07, 6.45) is 0. The average Bonchev–Trinajstić information content (AvgIpc) is 2.57. The Balaban J connectivity index is 1.85. The molecule has 0 fully saturated rings. The van der Waals surface area contributed by atoms with Gasteiger partial charge in [-0.2, -0.15) is 0 Å². The molecule has 0 unspecified atom stereocenters. The van der Waals surface area contributed by atoms with Crippen molar-refractivity contribution in [2.45, 2.75) is 0 Å². The highest BCUT2D eigenvalue weighted by atomic mass is 35.7. The summed E-state index contributed by atoms with van der Waals surface area (Å²) in [4.78, 5) is 0. The number of rotatable bonds is 6. The summed E-state index contributed by atoms with van der Waals surface area (Å²) in [6.45, 7) is 0. The zero-order valence-corrected chi connectivity index (χ0v) is 13.7. The second-order valence-corrected chi connectivity index (χ2v) is 7.00. The Bertz CT molecular complexity index is 622. The first-order valence-electron chi connectivity index (χ1n) is 7.00. The molecule has 3 aromatic rings. The molecule has 0 bridgehead atoms. The predicted octanol–water partition coefficient (Wildman–Crippen LogP) is 5.93. The third-order valence-electron chi connectivity index (χ3n) is 2.82. The Morgan fingerprint density at radius 3 is 1.00 bits per heavy atom. The van der Waals surface area contributed by atoms with Crippen LogP contribution in [0, 0.1) is 0 Å². The summed E-state index contributed by atoms with van der Waals surface area (Å²) < 4.78 is 17.4. The molecule has 0 spiro atoms. The molecule has 3 nitrogen and oxygen atoms in total. The third kappa shape index (κ3) is 4.58. The molecule has 0 saturated heterocycles. The van der Waals surface area contributed by atoms with Gasteiger partial charge in [-0.1, -0.05) is 54.6 Å². The summed E-state index contributed by atoms with van der Waals surface area (Å²) in [5.74, 6) is 1.72. The van der Waals surface area contributed by atoms with Gasteiger partial charge in [0.15, 0.2) is 0 Å². The highest BCUT2D eigenvalue weighted by Crippen LogP contribution is 2.55.